The molecule has 0 bridgehead atoms. The van der Waals surface area contributed by atoms with Crippen molar-refractivity contribution in [1.82, 2.24) is 5.32 Å². The van der Waals surface area contributed by atoms with Gasteiger partial charge in [0, 0.05) is 6.04 Å². The van der Waals surface area contributed by atoms with E-state index in [4.69, 9.17) is 11.6 Å². The molecule has 3 nitrogen and oxygen atoms in total. The molecule has 1 amide bonds. The fourth-order valence-corrected chi connectivity index (χ4v) is 1.23. The number of hydrogen-bond donors (Lipinski definition) is 2. The van der Waals surface area contributed by atoms with Crippen LogP contribution in [0, 0.1) is 0 Å². The summed E-state index contributed by atoms with van der Waals surface area (Å²) in [6.45, 7) is 3.71. The van der Waals surface area contributed by atoms with Crippen LogP contribution in [0.3, 0.4) is 0 Å². The molecule has 76 valence electrons. The molecule has 2 N–H and O–H groups in total. The number of carbonyl (C=O) groups excluding carboxylic acids is 1. The van der Waals surface area contributed by atoms with Gasteiger partial charge in [-0.3, -0.25) is 4.79 Å². The Labute approximate surface area is 87.7 Å². The molecule has 0 spiro atoms. The summed E-state index contributed by atoms with van der Waals surface area (Å²) in [5, 5.41) is 12.2. The van der Waals surface area contributed by atoms with E-state index in [9.17, 15) is 9.90 Å². The van der Waals surface area contributed by atoms with Crippen molar-refractivity contribution in [3.05, 3.63) is 28.8 Å². The van der Waals surface area contributed by atoms with Gasteiger partial charge in [0.2, 0.25) is 0 Å². The van der Waals surface area contributed by atoms with Crippen LogP contribution < -0.4 is 5.32 Å². The number of aromatic hydroxyl groups is 1. The molecule has 1 aromatic rings. The summed E-state index contributed by atoms with van der Waals surface area (Å²) in [6.07, 6.45) is 0. The summed E-state index contributed by atoms with van der Waals surface area (Å²) >= 11 is 5.80. The molecule has 14 heavy (non-hydrogen) atoms. The maximum atomic E-state index is 11.5. The first-order chi connectivity index (χ1) is 6.50. The smallest absolute Gasteiger partial charge is 0.253 e. The van der Waals surface area contributed by atoms with E-state index in [1.165, 1.54) is 18.2 Å². The van der Waals surface area contributed by atoms with Gasteiger partial charge in [-0.15, -0.1) is 0 Å². The predicted octanol–water partition coefficient (Wildman–Crippen LogP) is 2.18. The van der Waals surface area contributed by atoms with Crippen LogP contribution in [0.4, 0.5) is 0 Å². The Morgan fingerprint density at radius 3 is 2.71 bits per heavy atom. The number of carbonyl (C=O) groups is 1. The van der Waals surface area contributed by atoms with Gasteiger partial charge < -0.3 is 10.4 Å². The van der Waals surface area contributed by atoms with Crippen molar-refractivity contribution in [2.75, 3.05) is 0 Å². The standard InChI is InChI=1S/C10H12ClNO2/c1-6(2)12-10(14)8-5-7(13)3-4-9(8)11/h3-6,13H,1-2H3,(H,12,14). The maximum Gasteiger partial charge on any atom is 0.253 e. The number of nitrogens with one attached hydrogen (secondary N) is 1. The van der Waals surface area contributed by atoms with Crippen LogP contribution in [0.1, 0.15) is 24.2 Å². The monoisotopic (exact) mass is 213 g/mol. The van der Waals surface area contributed by atoms with Gasteiger partial charge in [-0.1, -0.05) is 11.6 Å². The van der Waals surface area contributed by atoms with E-state index in [0.717, 1.165) is 0 Å². The van der Waals surface area contributed by atoms with Crippen molar-refractivity contribution in [3.8, 4) is 5.75 Å². The number of rotatable bonds is 2. The quantitative estimate of drug-likeness (QED) is 0.791. The first-order valence-corrected chi connectivity index (χ1v) is 4.68. The summed E-state index contributed by atoms with van der Waals surface area (Å²) in [4.78, 5) is 11.5. The number of amides is 1. The van der Waals surface area contributed by atoms with E-state index < -0.39 is 0 Å². The van der Waals surface area contributed by atoms with Crippen LogP contribution in [-0.4, -0.2) is 17.1 Å². The molecule has 0 heterocycles. The number of phenols is 1. The van der Waals surface area contributed by atoms with Crippen molar-refractivity contribution in [2.45, 2.75) is 19.9 Å². The van der Waals surface area contributed by atoms with E-state index in [2.05, 4.69) is 5.32 Å². The first-order valence-electron chi connectivity index (χ1n) is 4.30. The third kappa shape index (κ3) is 2.64. The first kappa shape index (κ1) is 10.9. The van der Waals surface area contributed by atoms with Crippen LogP contribution in [0.25, 0.3) is 0 Å². The molecule has 0 saturated heterocycles. The second kappa shape index (κ2) is 4.33. The molecule has 0 saturated carbocycles. The third-order valence-electron chi connectivity index (χ3n) is 1.61. The lowest BCUT2D eigenvalue weighted by Gasteiger charge is -2.09. The lowest BCUT2D eigenvalue weighted by Crippen LogP contribution is -2.30. The highest BCUT2D eigenvalue weighted by Gasteiger charge is 2.11. The van der Waals surface area contributed by atoms with E-state index in [1.807, 2.05) is 13.8 Å². The minimum Gasteiger partial charge on any atom is -0.508 e. The normalized spacial score (nSPS) is 10.3. The summed E-state index contributed by atoms with van der Waals surface area (Å²) < 4.78 is 0. The number of phenolic OH excluding ortho intramolecular Hbond substituents is 1. The van der Waals surface area contributed by atoms with Crippen LogP contribution in [0.2, 0.25) is 5.02 Å². The summed E-state index contributed by atoms with van der Waals surface area (Å²) in [6, 6.07) is 4.32. The van der Waals surface area contributed by atoms with Gasteiger partial charge in [0.15, 0.2) is 0 Å². The number of benzene rings is 1. The predicted molar refractivity (Wildman–Crippen MR) is 55.7 cm³/mol. The highest BCUT2D eigenvalue weighted by Crippen LogP contribution is 2.20. The Morgan fingerprint density at radius 1 is 1.50 bits per heavy atom. The van der Waals surface area contributed by atoms with E-state index >= 15 is 0 Å². The topological polar surface area (TPSA) is 49.3 Å². The fourth-order valence-electron chi connectivity index (χ4n) is 1.03. The van der Waals surface area contributed by atoms with Gasteiger partial charge in [0.1, 0.15) is 5.75 Å². The van der Waals surface area contributed by atoms with Crippen molar-refractivity contribution >= 4 is 17.5 Å². The molecule has 1 aromatic carbocycles. The largest absolute Gasteiger partial charge is 0.508 e. The third-order valence-corrected chi connectivity index (χ3v) is 1.94. The van der Waals surface area contributed by atoms with Crippen molar-refractivity contribution in [3.63, 3.8) is 0 Å². The highest BCUT2D eigenvalue weighted by atomic mass is 35.5. The molecule has 0 atom stereocenters. The lowest BCUT2D eigenvalue weighted by atomic mass is 10.2. The van der Waals surface area contributed by atoms with Gasteiger partial charge in [-0.05, 0) is 32.0 Å². The second-order valence-corrected chi connectivity index (χ2v) is 3.70. The van der Waals surface area contributed by atoms with E-state index in [0.29, 0.717) is 10.6 Å². The number of hydrogen-bond acceptors (Lipinski definition) is 2. The Balaban J connectivity index is 2.94. The molecule has 4 heteroatoms. The van der Waals surface area contributed by atoms with Crippen molar-refractivity contribution in [1.29, 1.82) is 0 Å². The SMILES string of the molecule is CC(C)NC(=O)c1cc(O)ccc1Cl. The zero-order chi connectivity index (χ0) is 10.7. The Bertz CT molecular complexity index is 350. The molecule has 0 aliphatic carbocycles. The van der Waals surface area contributed by atoms with Gasteiger partial charge in [0.05, 0.1) is 10.6 Å². The van der Waals surface area contributed by atoms with Gasteiger partial charge >= 0.3 is 0 Å². The fraction of sp³-hybridized carbons (Fsp3) is 0.300. The summed E-state index contributed by atoms with van der Waals surface area (Å²) in [5.74, 6) is -0.246. The van der Waals surface area contributed by atoms with Crippen molar-refractivity contribution < 1.29 is 9.90 Å². The van der Waals surface area contributed by atoms with Gasteiger partial charge in [-0.2, -0.15) is 0 Å². The number of halogens is 1. The van der Waals surface area contributed by atoms with Crippen LogP contribution in [0.5, 0.6) is 5.75 Å². The second-order valence-electron chi connectivity index (χ2n) is 3.29. The molecule has 0 aliphatic heterocycles. The minimum absolute atomic E-state index is 0.0308. The lowest BCUT2D eigenvalue weighted by molar-refractivity contribution is 0.0943. The average molecular weight is 214 g/mol. The molecule has 1 rings (SSSR count). The maximum absolute atomic E-state index is 11.5. The van der Waals surface area contributed by atoms with E-state index in [-0.39, 0.29) is 17.7 Å². The van der Waals surface area contributed by atoms with Crippen molar-refractivity contribution in [2.24, 2.45) is 0 Å². The minimum atomic E-state index is -0.277. The van der Waals surface area contributed by atoms with E-state index in [1.54, 1.807) is 0 Å². The van der Waals surface area contributed by atoms with Crippen LogP contribution >= 0.6 is 11.6 Å². The Kier molecular flexibility index (Phi) is 3.36. The zero-order valence-electron chi connectivity index (χ0n) is 8.04. The zero-order valence-corrected chi connectivity index (χ0v) is 8.80. The molecule has 0 radical (unpaired) electrons. The molecular weight excluding hydrogens is 202 g/mol. The molecular formula is C10H12ClNO2. The van der Waals surface area contributed by atoms with Gasteiger partial charge in [-0.25, -0.2) is 0 Å². The van der Waals surface area contributed by atoms with Crippen LogP contribution in [-0.2, 0) is 0 Å². The molecule has 0 aliphatic rings. The highest BCUT2D eigenvalue weighted by molar-refractivity contribution is 6.33. The summed E-state index contributed by atoms with van der Waals surface area (Å²) in [7, 11) is 0. The molecule has 0 fully saturated rings. The summed E-state index contributed by atoms with van der Waals surface area (Å²) in [5.41, 5.74) is 0.292. The Hall–Kier alpha value is -1.22. The molecule has 0 aromatic heterocycles. The molecule has 0 unspecified atom stereocenters. The van der Waals surface area contributed by atoms with Crippen LogP contribution in [0.15, 0.2) is 18.2 Å². The Morgan fingerprint density at radius 2 is 2.14 bits per heavy atom. The average Bonchev–Trinajstić information content (AvgIpc) is 2.08. The van der Waals surface area contributed by atoms with Gasteiger partial charge in [0.25, 0.3) is 5.91 Å².